The number of benzene rings is 2. The van der Waals surface area contributed by atoms with Gasteiger partial charge in [-0.3, -0.25) is 4.79 Å². The minimum absolute atomic E-state index is 0. The van der Waals surface area contributed by atoms with Crippen LogP contribution in [0.5, 0.6) is 0 Å². The first-order chi connectivity index (χ1) is 12.0. The number of nitrogens with one attached hydrogen (secondary N) is 1. The summed E-state index contributed by atoms with van der Waals surface area (Å²) < 4.78 is 2.41. The van der Waals surface area contributed by atoms with Crippen LogP contribution in [0.1, 0.15) is 5.69 Å². The fraction of sp³-hybridized carbons (Fsp3) is 0.0526. The van der Waals surface area contributed by atoms with Gasteiger partial charge >= 0.3 is 0 Å². The third-order valence-corrected chi connectivity index (χ3v) is 4.91. The minimum atomic E-state index is -0.160. The molecule has 2 aliphatic rings. The lowest BCUT2D eigenvalue weighted by molar-refractivity contribution is 0.858. The first-order valence-corrected chi connectivity index (χ1v) is 8.84. The summed E-state index contributed by atoms with van der Waals surface area (Å²) in [6, 6.07) is 15.0. The number of hydrogen-bond donors (Lipinski definition) is 1. The van der Waals surface area contributed by atoms with Crippen molar-refractivity contribution in [2.45, 2.75) is 6.92 Å². The molecule has 0 atom stereocenters. The van der Waals surface area contributed by atoms with E-state index in [1.165, 1.54) is 4.68 Å². The van der Waals surface area contributed by atoms with Crippen molar-refractivity contribution in [3.05, 3.63) is 80.3 Å². The van der Waals surface area contributed by atoms with Crippen molar-refractivity contribution in [3.8, 4) is 28.1 Å². The van der Waals surface area contributed by atoms with Gasteiger partial charge in [0.25, 0.3) is 5.56 Å². The lowest BCUT2D eigenvalue weighted by Gasteiger charge is -2.10. The Balaban J connectivity index is 0.00000196. The van der Waals surface area contributed by atoms with Crippen LogP contribution < -0.4 is 5.56 Å². The Labute approximate surface area is 169 Å². The third kappa shape index (κ3) is 3.18. The summed E-state index contributed by atoms with van der Waals surface area (Å²) >= 11 is 9.39. The number of aryl methyl sites for hydroxylation is 1. The van der Waals surface area contributed by atoms with Crippen molar-refractivity contribution < 1.29 is 0 Å². The van der Waals surface area contributed by atoms with Crippen LogP contribution in [0.15, 0.2) is 64.0 Å². The second-order valence-corrected chi connectivity index (χ2v) is 7.10. The molecule has 0 bridgehead atoms. The van der Waals surface area contributed by atoms with Crippen LogP contribution in [0.4, 0.5) is 0 Å². The van der Waals surface area contributed by atoms with Gasteiger partial charge < -0.3 is 4.98 Å². The van der Waals surface area contributed by atoms with E-state index >= 15 is 0 Å². The summed E-state index contributed by atoms with van der Waals surface area (Å²) in [5.41, 5.74) is 4.64. The number of rotatable bonds is 2. The molecular formula is C19H14BrCl2N3O. The molecule has 2 aromatic rings. The fourth-order valence-corrected chi connectivity index (χ4v) is 3.28. The molecule has 0 amide bonds. The van der Waals surface area contributed by atoms with Crippen molar-refractivity contribution in [2.75, 3.05) is 0 Å². The maximum Gasteiger partial charge on any atom is 0.282 e. The monoisotopic (exact) mass is 449 g/mol. The standard InChI is InChI=1S/C19H13BrClN3O.ClH/c1-11-17(12-2-4-13(20)5-3-12)18-16(10-22-11)19(25)24(23-18)15-8-6-14(21)7-9-15;/h2-10,22H,1H3;1H. The Bertz CT molecular complexity index is 1090. The second kappa shape index (κ2) is 7.27. The topological polar surface area (TPSA) is 50.7 Å². The third-order valence-electron chi connectivity index (χ3n) is 4.13. The predicted molar refractivity (Wildman–Crippen MR) is 111 cm³/mol. The van der Waals surface area contributed by atoms with E-state index in [1.54, 1.807) is 30.5 Å². The molecule has 2 aliphatic heterocycles. The Morgan fingerprint density at radius 1 is 1.08 bits per heavy atom. The van der Waals surface area contributed by atoms with Gasteiger partial charge in [-0.15, -0.1) is 12.4 Å². The fourth-order valence-electron chi connectivity index (χ4n) is 2.89. The zero-order chi connectivity index (χ0) is 17.6. The Morgan fingerprint density at radius 3 is 2.38 bits per heavy atom. The van der Waals surface area contributed by atoms with Crippen LogP contribution in [0.3, 0.4) is 0 Å². The molecule has 0 saturated heterocycles. The number of H-pyrrole nitrogens is 1. The van der Waals surface area contributed by atoms with Gasteiger partial charge in [-0.05, 0) is 48.9 Å². The average Bonchev–Trinajstić information content (AvgIpc) is 2.93. The molecule has 0 saturated carbocycles. The highest BCUT2D eigenvalue weighted by Crippen LogP contribution is 2.33. The molecule has 0 radical (unpaired) electrons. The highest BCUT2D eigenvalue weighted by molar-refractivity contribution is 9.10. The van der Waals surface area contributed by atoms with Gasteiger partial charge in [0.15, 0.2) is 0 Å². The number of aromatic nitrogens is 3. The molecule has 4 rings (SSSR count). The van der Waals surface area contributed by atoms with Crippen LogP contribution in [-0.2, 0) is 0 Å². The summed E-state index contributed by atoms with van der Waals surface area (Å²) in [6.07, 6.45) is 1.72. The highest BCUT2D eigenvalue weighted by atomic mass is 79.9. The number of hydrogen-bond acceptors (Lipinski definition) is 2. The van der Waals surface area contributed by atoms with E-state index in [0.717, 1.165) is 21.3 Å². The van der Waals surface area contributed by atoms with Crippen LogP contribution in [0.25, 0.3) is 28.1 Å². The van der Waals surface area contributed by atoms with Gasteiger partial charge in [-0.25, -0.2) is 0 Å². The van der Waals surface area contributed by atoms with E-state index in [4.69, 9.17) is 11.6 Å². The second-order valence-electron chi connectivity index (χ2n) is 5.75. The Hall–Kier alpha value is -2.08. The number of nitrogens with zero attached hydrogens (tertiary/aromatic N) is 2. The summed E-state index contributed by atoms with van der Waals surface area (Å²) in [7, 11) is 0. The van der Waals surface area contributed by atoms with E-state index in [0.29, 0.717) is 22.0 Å². The summed E-state index contributed by atoms with van der Waals surface area (Å²) in [5, 5.41) is 5.22. The first kappa shape index (κ1) is 18.7. The van der Waals surface area contributed by atoms with Gasteiger partial charge in [0.1, 0.15) is 5.69 Å². The molecule has 0 aliphatic carbocycles. The van der Waals surface area contributed by atoms with E-state index in [9.17, 15) is 4.79 Å². The van der Waals surface area contributed by atoms with Gasteiger partial charge in [0.2, 0.25) is 0 Å². The van der Waals surface area contributed by atoms with E-state index in [-0.39, 0.29) is 18.0 Å². The van der Waals surface area contributed by atoms with Gasteiger partial charge in [0, 0.05) is 26.9 Å². The number of fused-ring (bicyclic) bond motifs is 1. The van der Waals surface area contributed by atoms with Crippen molar-refractivity contribution in [1.29, 1.82) is 0 Å². The van der Waals surface area contributed by atoms with Crippen molar-refractivity contribution in [2.24, 2.45) is 0 Å². The van der Waals surface area contributed by atoms with E-state index < -0.39 is 0 Å². The van der Waals surface area contributed by atoms with Crippen LogP contribution in [-0.4, -0.2) is 14.8 Å². The minimum Gasteiger partial charge on any atom is -0.364 e. The summed E-state index contributed by atoms with van der Waals surface area (Å²) in [6.45, 7) is 1.97. The normalized spacial score (nSPS) is 10.7. The molecule has 0 unspecified atom stereocenters. The van der Waals surface area contributed by atoms with E-state index in [2.05, 4.69) is 26.0 Å². The molecule has 0 spiro atoms. The Kier molecular flexibility index (Phi) is 5.23. The predicted octanol–water partition coefficient (Wildman–Crippen LogP) is 5.48. The number of halogens is 3. The maximum atomic E-state index is 12.8. The zero-order valence-corrected chi connectivity index (χ0v) is 16.8. The molecule has 4 nitrogen and oxygen atoms in total. The van der Waals surface area contributed by atoms with Gasteiger partial charge in [0.05, 0.1) is 11.3 Å². The molecule has 7 heteroatoms. The van der Waals surface area contributed by atoms with Crippen LogP contribution in [0.2, 0.25) is 5.02 Å². The average molecular weight is 451 g/mol. The molecule has 0 aromatic heterocycles. The quantitative estimate of drug-likeness (QED) is 0.439. The van der Waals surface area contributed by atoms with Gasteiger partial charge in [-0.1, -0.05) is 39.7 Å². The molecule has 2 heterocycles. The lowest BCUT2D eigenvalue weighted by atomic mass is 9.99. The lowest BCUT2D eigenvalue weighted by Crippen LogP contribution is -2.14. The molecule has 132 valence electrons. The van der Waals surface area contributed by atoms with Gasteiger partial charge in [-0.2, -0.15) is 9.78 Å². The molecule has 26 heavy (non-hydrogen) atoms. The molecule has 1 N–H and O–H groups in total. The zero-order valence-electron chi connectivity index (χ0n) is 13.7. The summed E-state index contributed by atoms with van der Waals surface area (Å²) in [4.78, 5) is 16.0. The summed E-state index contributed by atoms with van der Waals surface area (Å²) in [5.74, 6) is 0. The van der Waals surface area contributed by atoms with Crippen molar-refractivity contribution in [1.82, 2.24) is 14.8 Å². The van der Waals surface area contributed by atoms with Crippen molar-refractivity contribution >= 4 is 39.9 Å². The maximum absolute atomic E-state index is 12.8. The van der Waals surface area contributed by atoms with Crippen LogP contribution in [0, 0.1) is 6.92 Å². The smallest absolute Gasteiger partial charge is 0.282 e. The largest absolute Gasteiger partial charge is 0.364 e. The van der Waals surface area contributed by atoms with E-state index in [1.807, 2.05) is 31.2 Å². The number of aromatic amines is 1. The first-order valence-electron chi connectivity index (χ1n) is 7.67. The van der Waals surface area contributed by atoms with Crippen molar-refractivity contribution in [3.63, 3.8) is 0 Å². The molecule has 0 fully saturated rings. The molecular weight excluding hydrogens is 437 g/mol. The Morgan fingerprint density at radius 2 is 1.73 bits per heavy atom. The number of pyridine rings is 1. The van der Waals surface area contributed by atoms with Crippen LogP contribution >= 0.6 is 39.9 Å². The highest BCUT2D eigenvalue weighted by Gasteiger charge is 2.22. The SMILES string of the molecule is Cc1[nH]cc2c(=O)n(-c3ccc(Cl)cc3)nc-2c1-c1ccc(Br)cc1.Cl. The molecule has 2 aromatic carbocycles.